The summed E-state index contributed by atoms with van der Waals surface area (Å²) in [6.45, 7) is 3.23. The predicted octanol–water partition coefficient (Wildman–Crippen LogP) is 1.14. The highest BCUT2D eigenvalue weighted by molar-refractivity contribution is 7.86. The summed E-state index contributed by atoms with van der Waals surface area (Å²) >= 11 is 0. The Balaban J connectivity index is 1.36. The number of rotatable bonds is 4. The van der Waals surface area contributed by atoms with Crippen molar-refractivity contribution >= 4 is 16.1 Å². The summed E-state index contributed by atoms with van der Waals surface area (Å²) in [7, 11) is -1.60. The zero-order chi connectivity index (χ0) is 23.8. The van der Waals surface area contributed by atoms with Crippen LogP contribution in [0.3, 0.4) is 0 Å². The fourth-order valence-electron chi connectivity index (χ4n) is 3.86. The van der Waals surface area contributed by atoms with Crippen molar-refractivity contribution in [3.8, 4) is 5.69 Å². The van der Waals surface area contributed by atoms with Crippen LogP contribution in [-0.2, 0) is 16.4 Å². The van der Waals surface area contributed by atoms with Crippen molar-refractivity contribution in [3.63, 3.8) is 0 Å². The van der Waals surface area contributed by atoms with Gasteiger partial charge >= 0.3 is 6.18 Å². The van der Waals surface area contributed by atoms with Gasteiger partial charge in [-0.1, -0.05) is 0 Å². The van der Waals surface area contributed by atoms with Gasteiger partial charge in [0.25, 0.3) is 16.1 Å². The third-order valence-corrected chi connectivity index (χ3v) is 7.93. The lowest BCUT2D eigenvalue weighted by Gasteiger charge is -2.39. The molecule has 0 unspecified atom stereocenters. The van der Waals surface area contributed by atoms with Crippen molar-refractivity contribution in [2.75, 3.05) is 59.4 Å². The topological polar surface area (TPSA) is 82.0 Å². The van der Waals surface area contributed by atoms with Crippen molar-refractivity contribution in [1.29, 1.82) is 0 Å². The first-order valence-corrected chi connectivity index (χ1v) is 11.9. The van der Waals surface area contributed by atoms with Crippen LogP contribution in [0.25, 0.3) is 5.69 Å². The van der Waals surface area contributed by atoms with Gasteiger partial charge in [-0.2, -0.15) is 35.3 Å². The first-order chi connectivity index (χ1) is 15.6. The van der Waals surface area contributed by atoms with Crippen molar-refractivity contribution in [3.05, 3.63) is 47.8 Å². The lowest BCUT2D eigenvalue weighted by Crippen LogP contribution is -2.57. The number of nitrogens with zero attached hydrogens (tertiary/aromatic N) is 6. The fourth-order valence-corrected chi connectivity index (χ4v) is 5.44. The van der Waals surface area contributed by atoms with Gasteiger partial charge in [0.1, 0.15) is 0 Å². The summed E-state index contributed by atoms with van der Waals surface area (Å²) in [6, 6.07) is 6.98. The molecule has 0 spiro atoms. The number of hydrogen-bond acceptors (Lipinski definition) is 5. The highest BCUT2D eigenvalue weighted by Crippen LogP contribution is 2.28. The molecule has 180 valence electrons. The number of carbonyl (C=O) groups excluding carboxylic acids is 1. The van der Waals surface area contributed by atoms with Gasteiger partial charge < -0.3 is 9.80 Å². The Hall–Kier alpha value is -2.48. The minimum absolute atomic E-state index is 0.214. The van der Waals surface area contributed by atoms with Crippen molar-refractivity contribution in [2.24, 2.45) is 0 Å². The standard InChI is InChI=1S/C20H25F3N6O3S/c1-25-8-12-27(13-9-25)33(31,32)28-14-10-26(11-15-28)19(30)16-2-4-17(5-3-16)29-7-6-18(24-29)20(21,22)23/h2-7H,8-15H2,1H3. The molecule has 1 aromatic carbocycles. The average Bonchev–Trinajstić information content (AvgIpc) is 3.30. The molecule has 0 N–H and O–H groups in total. The van der Waals surface area contributed by atoms with Crippen molar-refractivity contribution in [1.82, 2.24) is 28.2 Å². The third kappa shape index (κ3) is 5.05. The quantitative estimate of drug-likeness (QED) is 0.648. The monoisotopic (exact) mass is 486 g/mol. The average molecular weight is 487 g/mol. The Morgan fingerprint density at radius 1 is 0.879 bits per heavy atom. The van der Waals surface area contributed by atoms with Crippen LogP contribution in [-0.4, -0.2) is 102 Å². The van der Waals surface area contributed by atoms with E-state index in [1.165, 1.54) is 39.1 Å². The number of likely N-dealkylation sites (N-methyl/N-ethyl adjacent to an activating group) is 1. The molecular formula is C20H25F3N6O3S. The third-order valence-electron chi connectivity index (χ3n) is 5.90. The molecule has 9 nitrogen and oxygen atoms in total. The zero-order valence-electron chi connectivity index (χ0n) is 18.1. The Labute approximate surface area is 190 Å². The molecule has 0 aliphatic carbocycles. The molecule has 13 heteroatoms. The van der Waals surface area contributed by atoms with Gasteiger partial charge in [0.15, 0.2) is 5.69 Å². The van der Waals surface area contributed by atoms with Crippen LogP contribution >= 0.6 is 0 Å². The molecule has 33 heavy (non-hydrogen) atoms. The molecule has 2 saturated heterocycles. The number of halogens is 3. The fraction of sp³-hybridized carbons (Fsp3) is 0.500. The maximum absolute atomic E-state index is 12.9. The second-order valence-electron chi connectivity index (χ2n) is 8.09. The molecule has 4 rings (SSSR count). The molecule has 0 radical (unpaired) electrons. The Morgan fingerprint density at radius 2 is 1.42 bits per heavy atom. The Bertz CT molecular complexity index is 1090. The molecule has 0 saturated carbocycles. The largest absolute Gasteiger partial charge is 0.435 e. The van der Waals surface area contributed by atoms with E-state index in [2.05, 4.69) is 10.00 Å². The summed E-state index contributed by atoms with van der Waals surface area (Å²) in [5.74, 6) is -0.255. The molecular weight excluding hydrogens is 461 g/mol. The van der Waals surface area contributed by atoms with Crippen molar-refractivity contribution < 1.29 is 26.4 Å². The number of amides is 1. The van der Waals surface area contributed by atoms with Gasteiger partial charge in [-0.3, -0.25) is 4.79 Å². The summed E-state index contributed by atoms with van der Waals surface area (Å²) in [5, 5.41) is 3.52. The van der Waals surface area contributed by atoms with Crippen LogP contribution in [0, 0.1) is 0 Å². The van der Waals surface area contributed by atoms with Crippen LogP contribution in [0.2, 0.25) is 0 Å². The second-order valence-corrected chi connectivity index (χ2v) is 10.0. The number of hydrogen-bond donors (Lipinski definition) is 0. The zero-order valence-corrected chi connectivity index (χ0v) is 18.9. The van der Waals surface area contributed by atoms with E-state index >= 15 is 0 Å². The van der Waals surface area contributed by atoms with E-state index in [9.17, 15) is 26.4 Å². The maximum Gasteiger partial charge on any atom is 0.435 e. The Morgan fingerprint density at radius 3 is 1.94 bits per heavy atom. The lowest BCUT2D eigenvalue weighted by molar-refractivity contribution is -0.141. The molecule has 2 aliphatic heterocycles. The smallest absolute Gasteiger partial charge is 0.336 e. The van der Waals surface area contributed by atoms with Crippen LogP contribution in [0.4, 0.5) is 13.2 Å². The SMILES string of the molecule is CN1CCN(S(=O)(=O)N2CCN(C(=O)c3ccc(-n4ccc(C(F)(F)F)n4)cc3)CC2)CC1. The molecule has 2 aromatic rings. The first-order valence-electron chi connectivity index (χ1n) is 10.5. The van der Waals surface area contributed by atoms with Gasteiger partial charge in [0.05, 0.1) is 5.69 Å². The first kappa shape index (κ1) is 23.7. The predicted molar refractivity (Wildman–Crippen MR) is 114 cm³/mol. The van der Waals surface area contributed by atoms with Crippen LogP contribution < -0.4 is 0 Å². The normalized spacial score (nSPS) is 19.7. The maximum atomic E-state index is 12.9. The van der Waals surface area contributed by atoms with Crippen LogP contribution in [0.1, 0.15) is 16.1 Å². The number of piperazine rings is 2. The minimum Gasteiger partial charge on any atom is -0.336 e. The van der Waals surface area contributed by atoms with E-state index in [0.717, 1.165) is 10.7 Å². The molecule has 0 atom stereocenters. The van der Waals surface area contributed by atoms with Gasteiger partial charge in [-0.25, -0.2) is 4.68 Å². The summed E-state index contributed by atoms with van der Waals surface area (Å²) in [5.41, 5.74) is -0.227. The van der Waals surface area contributed by atoms with E-state index in [1.807, 2.05) is 7.05 Å². The summed E-state index contributed by atoms with van der Waals surface area (Å²) < 4.78 is 68.0. The second kappa shape index (κ2) is 9.05. The molecule has 3 heterocycles. The van der Waals surface area contributed by atoms with E-state index in [-0.39, 0.29) is 32.1 Å². The van der Waals surface area contributed by atoms with Gasteiger partial charge in [0.2, 0.25) is 0 Å². The molecule has 2 aliphatic rings. The molecule has 1 aromatic heterocycles. The van der Waals surface area contributed by atoms with E-state index < -0.39 is 22.1 Å². The van der Waals surface area contributed by atoms with Gasteiger partial charge in [-0.05, 0) is 37.4 Å². The van der Waals surface area contributed by atoms with E-state index in [0.29, 0.717) is 37.4 Å². The molecule has 0 bridgehead atoms. The highest BCUT2D eigenvalue weighted by Gasteiger charge is 2.35. The number of carbonyl (C=O) groups is 1. The lowest BCUT2D eigenvalue weighted by atomic mass is 10.1. The van der Waals surface area contributed by atoms with Crippen LogP contribution in [0.15, 0.2) is 36.5 Å². The van der Waals surface area contributed by atoms with E-state index in [1.54, 1.807) is 4.90 Å². The highest BCUT2D eigenvalue weighted by atomic mass is 32.2. The number of alkyl halides is 3. The van der Waals surface area contributed by atoms with Crippen LogP contribution in [0.5, 0.6) is 0 Å². The number of benzene rings is 1. The minimum atomic E-state index is -4.53. The van der Waals surface area contributed by atoms with Gasteiger partial charge in [0, 0.05) is 64.1 Å². The Kier molecular flexibility index (Phi) is 6.49. The molecule has 1 amide bonds. The summed E-state index contributed by atoms with van der Waals surface area (Å²) in [4.78, 5) is 16.5. The van der Waals surface area contributed by atoms with Gasteiger partial charge in [-0.15, -0.1) is 0 Å². The molecule has 2 fully saturated rings. The van der Waals surface area contributed by atoms with Crippen molar-refractivity contribution in [2.45, 2.75) is 6.18 Å². The summed E-state index contributed by atoms with van der Waals surface area (Å²) in [6.07, 6.45) is -3.32. The number of aromatic nitrogens is 2. The van der Waals surface area contributed by atoms with E-state index in [4.69, 9.17) is 0 Å².